The van der Waals surface area contributed by atoms with Crippen LogP contribution >= 0.6 is 0 Å². The minimum Gasteiger partial charge on any atom is -0.352 e. The van der Waals surface area contributed by atoms with E-state index in [-0.39, 0.29) is 47.1 Å². The number of hydrogen-bond donors (Lipinski definition) is 2. The summed E-state index contributed by atoms with van der Waals surface area (Å²) in [4.78, 5) is 38.0. The van der Waals surface area contributed by atoms with Crippen molar-refractivity contribution in [2.75, 3.05) is 29.9 Å². The predicted molar refractivity (Wildman–Crippen MR) is 137 cm³/mol. The van der Waals surface area contributed by atoms with E-state index < -0.39 is 24.4 Å². The largest absolute Gasteiger partial charge is 0.396 e. The van der Waals surface area contributed by atoms with Crippen molar-refractivity contribution >= 4 is 23.5 Å². The van der Waals surface area contributed by atoms with Gasteiger partial charge in [-0.2, -0.15) is 13.2 Å². The SMILES string of the molecule is Cc1ccc([C@@H](CNC(C)C)C(=O)N2C3CCC2CN(c2ncnc4c2C(C(F)(F)F)CC(=O)N4)C3)cc1. The molecule has 0 spiro atoms. The summed E-state index contributed by atoms with van der Waals surface area (Å²) < 4.78 is 41.9. The number of anilines is 2. The molecule has 1 aromatic heterocycles. The standard InChI is InChI=1S/C27H33F3N6O2/c1-15(2)31-11-20(17-6-4-16(3)5-7-17)26(38)36-18-8-9-19(36)13-35(12-18)25-23-21(27(28,29)30)10-22(37)34-24(23)32-14-33-25/h4-7,14-15,18-21,31H,8-13H2,1-3H3,(H,32,33,34,37)/t18?,19?,20-,21?/m1/s1. The van der Waals surface area contributed by atoms with E-state index in [9.17, 15) is 22.8 Å². The number of amides is 2. The molecule has 1 aromatic carbocycles. The first-order chi connectivity index (χ1) is 18.0. The van der Waals surface area contributed by atoms with Gasteiger partial charge in [0.05, 0.1) is 17.4 Å². The highest BCUT2D eigenvalue weighted by Gasteiger charge is 2.50. The minimum absolute atomic E-state index is 0.0410. The molecule has 2 amide bonds. The maximum Gasteiger partial charge on any atom is 0.396 e. The number of rotatable bonds is 6. The summed E-state index contributed by atoms with van der Waals surface area (Å²) in [5, 5.41) is 5.88. The van der Waals surface area contributed by atoms with E-state index in [1.807, 2.05) is 54.8 Å². The topological polar surface area (TPSA) is 90.5 Å². The summed E-state index contributed by atoms with van der Waals surface area (Å²) in [6.07, 6.45) is -2.55. The third kappa shape index (κ3) is 5.08. The number of hydrogen-bond acceptors (Lipinski definition) is 6. The fraction of sp³-hybridized carbons (Fsp3) is 0.556. The number of carbonyl (C=O) groups is 2. The van der Waals surface area contributed by atoms with Gasteiger partial charge in [-0.1, -0.05) is 43.7 Å². The van der Waals surface area contributed by atoms with Crippen LogP contribution in [0.3, 0.4) is 0 Å². The Bertz CT molecular complexity index is 1190. The first-order valence-electron chi connectivity index (χ1n) is 13.1. The number of halogens is 3. The molecule has 3 aliphatic rings. The number of aryl methyl sites for hydroxylation is 1. The number of nitrogens with one attached hydrogen (secondary N) is 2. The second-order valence-electron chi connectivity index (χ2n) is 10.9. The van der Waals surface area contributed by atoms with Crippen LogP contribution in [0.15, 0.2) is 30.6 Å². The highest BCUT2D eigenvalue weighted by molar-refractivity contribution is 5.95. The summed E-state index contributed by atoms with van der Waals surface area (Å²) in [6.45, 7) is 7.35. The summed E-state index contributed by atoms with van der Waals surface area (Å²) in [5.41, 5.74) is 1.98. The van der Waals surface area contributed by atoms with Crippen molar-refractivity contribution in [1.82, 2.24) is 20.2 Å². The number of piperazine rings is 1. The van der Waals surface area contributed by atoms with Crippen LogP contribution in [0, 0.1) is 6.92 Å². The Labute approximate surface area is 220 Å². The quantitative estimate of drug-likeness (QED) is 0.592. The summed E-state index contributed by atoms with van der Waals surface area (Å²) in [6, 6.07) is 7.95. The zero-order valence-electron chi connectivity index (χ0n) is 21.8. The molecule has 2 N–H and O–H groups in total. The van der Waals surface area contributed by atoms with Crippen molar-refractivity contribution in [3.8, 4) is 0 Å². The van der Waals surface area contributed by atoms with Crippen LogP contribution in [0.2, 0.25) is 0 Å². The average Bonchev–Trinajstić information content (AvgIpc) is 3.12. The lowest BCUT2D eigenvalue weighted by atomic mass is 9.91. The first-order valence-corrected chi connectivity index (χ1v) is 13.1. The second kappa shape index (κ2) is 10.2. The molecule has 0 saturated carbocycles. The third-order valence-corrected chi connectivity index (χ3v) is 7.80. The highest BCUT2D eigenvalue weighted by atomic mass is 19.4. The van der Waals surface area contributed by atoms with E-state index in [1.54, 1.807) is 0 Å². The van der Waals surface area contributed by atoms with Gasteiger partial charge < -0.3 is 20.4 Å². The van der Waals surface area contributed by atoms with Crippen molar-refractivity contribution in [2.45, 2.75) is 76.2 Å². The Hall–Kier alpha value is -3.21. The fourth-order valence-electron chi connectivity index (χ4n) is 5.92. The molecule has 3 aliphatic heterocycles. The van der Waals surface area contributed by atoms with Crippen LogP contribution in [0.5, 0.6) is 0 Å². The fourth-order valence-corrected chi connectivity index (χ4v) is 5.92. The molecule has 2 fully saturated rings. The molecular weight excluding hydrogens is 497 g/mol. The molecule has 2 bridgehead atoms. The van der Waals surface area contributed by atoms with Crippen molar-refractivity contribution in [3.05, 3.63) is 47.3 Å². The molecule has 2 saturated heterocycles. The molecule has 4 atom stereocenters. The Morgan fingerprint density at radius 3 is 2.39 bits per heavy atom. The Morgan fingerprint density at radius 2 is 1.79 bits per heavy atom. The van der Waals surface area contributed by atoms with Crippen molar-refractivity contribution in [3.63, 3.8) is 0 Å². The van der Waals surface area contributed by atoms with E-state index in [0.29, 0.717) is 19.6 Å². The Morgan fingerprint density at radius 1 is 1.13 bits per heavy atom. The minimum atomic E-state index is -4.60. The monoisotopic (exact) mass is 530 g/mol. The lowest BCUT2D eigenvalue weighted by Crippen LogP contribution is -2.58. The zero-order valence-corrected chi connectivity index (χ0v) is 21.8. The van der Waals surface area contributed by atoms with Crippen LogP contribution in [0.25, 0.3) is 0 Å². The first kappa shape index (κ1) is 26.4. The molecule has 8 nitrogen and oxygen atoms in total. The maximum atomic E-state index is 14.0. The van der Waals surface area contributed by atoms with E-state index in [4.69, 9.17) is 0 Å². The molecule has 0 radical (unpaired) electrons. The lowest BCUT2D eigenvalue weighted by molar-refractivity contribution is -0.156. The Balaban J connectivity index is 1.42. The van der Waals surface area contributed by atoms with Crippen LogP contribution in [-0.2, 0) is 9.59 Å². The van der Waals surface area contributed by atoms with E-state index in [0.717, 1.165) is 24.0 Å². The van der Waals surface area contributed by atoms with Crippen molar-refractivity contribution in [2.24, 2.45) is 0 Å². The van der Waals surface area contributed by atoms with Crippen LogP contribution in [-0.4, -0.2) is 70.6 Å². The van der Waals surface area contributed by atoms with Crippen LogP contribution < -0.4 is 15.5 Å². The van der Waals surface area contributed by atoms with Gasteiger partial charge in [0.15, 0.2) is 0 Å². The molecular formula is C27H33F3N6O2. The average molecular weight is 531 g/mol. The van der Waals surface area contributed by atoms with Gasteiger partial charge in [0.2, 0.25) is 11.8 Å². The van der Waals surface area contributed by atoms with Crippen molar-refractivity contribution < 1.29 is 22.8 Å². The normalized spacial score (nSPS) is 23.9. The number of carbonyl (C=O) groups excluding carboxylic acids is 2. The van der Waals surface area contributed by atoms with E-state index in [2.05, 4.69) is 20.6 Å². The zero-order chi connectivity index (χ0) is 27.2. The van der Waals surface area contributed by atoms with Crippen molar-refractivity contribution in [1.29, 1.82) is 0 Å². The van der Waals surface area contributed by atoms with Gasteiger partial charge >= 0.3 is 6.18 Å². The number of fused-ring (bicyclic) bond motifs is 3. The van der Waals surface area contributed by atoms with Gasteiger partial charge in [-0.05, 0) is 25.3 Å². The second-order valence-corrected chi connectivity index (χ2v) is 10.9. The smallest absolute Gasteiger partial charge is 0.352 e. The molecule has 2 aromatic rings. The van der Waals surface area contributed by atoms with E-state index >= 15 is 0 Å². The summed E-state index contributed by atoms with van der Waals surface area (Å²) >= 11 is 0. The van der Waals surface area contributed by atoms with Crippen LogP contribution in [0.4, 0.5) is 24.8 Å². The number of benzene rings is 1. The van der Waals surface area contributed by atoms with Gasteiger partial charge in [0, 0.05) is 44.2 Å². The third-order valence-electron chi connectivity index (χ3n) is 7.80. The summed E-state index contributed by atoms with van der Waals surface area (Å²) in [7, 11) is 0. The number of alkyl halides is 3. The number of nitrogens with zero attached hydrogens (tertiary/aromatic N) is 4. The molecule has 3 unspecified atom stereocenters. The van der Waals surface area contributed by atoms with Gasteiger partial charge in [0.25, 0.3) is 0 Å². The lowest BCUT2D eigenvalue weighted by Gasteiger charge is -2.44. The van der Waals surface area contributed by atoms with E-state index in [1.165, 1.54) is 6.33 Å². The molecule has 38 heavy (non-hydrogen) atoms. The van der Waals surface area contributed by atoms with Gasteiger partial charge in [-0.3, -0.25) is 9.59 Å². The van der Waals surface area contributed by atoms with Gasteiger partial charge in [0.1, 0.15) is 18.0 Å². The molecule has 11 heteroatoms. The van der Waals surface area contributed by atoms with Gasteiger partial charge in [-0.25, -0.2) is 9.97 Å². The van der Waals surface area contributed by atoms with Crippen LogP contribution in [0.1, 0.15) is 61.6 Å². The number of aromatic nitrogens is 2. The molecule has 0 aliphatic carbocycles. The highest BCUT2D eigenvalue weighted by Crippen LogP contribution is 2.47. The Kier molecular flexibility index (Phi) is 7.06. The predicted octanol–water partition coefficient (Wildman–Crippen LogP) is 3.73. The molecule has 204 valence electrons. The summed E-state index contributed by atoms with van der Waals surface area (Å²) in [5.74, 6) is -2.88. The molecule has 5 rings (SSSR count). The maximum absolute atomic E-state index is 14.0. The van der Waals surface area contributed by atoms with Gasteiger partial charge in [-0.15, -0.1) is 0 Å². The molecule has 4 heterocycles.